The van der Waals surface area contributed by atoms with Crippen LogP contribution in [0.1, 0.15) is 54.1 Å². The zero-order chi connectivity index (χ0) is 19.5. The van der Waals surface area contributed by atoms with E-state index in [1.165, 1.54) is 18.4 Å². The van der Waals surface area contributed by atoms with Crippen molar-refractivity contribution in [3.63, 3.8) is 0 Å². The second kappa shape index (κ2) is 8.05. The van der Waals surface area contributed by atoms with Gasteiger partial charge in [0.05, 0.1) is 0 Å². The Balaban J connectivity index is 1.45. The molecule has 2 aliphatic rings. The van der Waals surface area contributed by atoms with E-state index in [9.17, 15) is 9.59 Å². The Hall–Kier alpha value is -2.82. The zero-order valence-corrected chi connectivity index (χ0v) is 16.3. The van der Waals surface area contributed by atoms with Crippen LogP contribution in [-0.2, 0) is 13.0 Å². The fourth-order valence-corrected chi connectivity index (χ4v) is 4.28. The van der Waals surface area contributed by atoms with E-state index >= 15 is 0 Å². The van der Waals surface area contributed by atoms with E-state index in [4.69, 9.17) is 0 Å². The first-order chi connectivity index (χ1) is 13.6. The minimum Gasteiger partial charge on any atom is -0.335 e. The van der Waals surface area contributed by atoms with Gasteiger partial charge in [-0.05, 0) is 55.5 Å². The average Bonchev–Trinajstić information content (AvgIpc) is 3.33. The lowest BCUT2D eigenvalue weighted by atomic mass is 10.1. The Labute approximate surface area is 166 Å². The van der Waals surface area contributed by atoms with E-state index in [-0.39, 0.29) is 18.0 Å². The van der Waals surface area contributed by atoms with E-state index in [1.54, 1.807) is 0 Å². The molecule has 4 rings (SSSR count). The third-order valence-corrected chi connectivity index (χ3v) is 5.75. The van der Waals surface area contributed by atoms with E-state index in [0.717, 1.165) is 30.5 Å². The summed E-state index contributed by atoms with van der Waals surface area (Å²) in [5, 5.41) is 5.99. The van der Waals surface area contributed by atoms with E-state index in [0.29, 0.717) is 18.2 Å². The molecule has 3 amide bonds. The standard InChI is InChI=1S/C23H27N3O2/c1-16-13-19-12-11-17(15-24-23(28)25-20-9-5-6-10-20)14-21(19)26(16)22(27)18-7-3-2-4-8-18/h2-4,7-8,11-12,14,16,20H,5-6,9-10,13,15H2,1H3,(H2,24,25,28)/t16-/m1/s1. The molecule has 1 atom stereocenters. The summed E-state index contributed by atoms with van der Waals surface area (Å²) in [6.45, 7) is 2.53. The summed E-state index contributed by atoms with van der Waals surface area (Å²) in [6, 6.07) is 15.9. The van der Waals surface area contributed by atoms with Crippen molar-refractivity contribution in [3.8, 4) is 0 Å². The minimum atomic E-state index is -0.113. The first kappa shape index (κ1) is 18.5. The maximum atomic E-state index is 13.0. The molecule has 2 aromatic carbocycles. The number of carbonyl (C=O) groups excluding carboxylic acids is 2. The lowest BCUT2D eigenvalue weighted by Gasteiger charge is -2.23. The lowest BCUT2D eigenvalue weighted by molar-refractivity contribution is 0.0981. The summed E-state index contributed by atoms with van der Waals surface area (Å²) >= 11 is 0. The highest BCUT2D eigenvalue weighted by atomic mass is 16.2. The number of hydrogen-bond acceptors (Lipinski definition) is 2. The fraction of sp³-hybridized carbons (Fsp3) is 0.391. The third kappa shape index (κ3) is 3.88. The van der Waals surface area contributed by atoms with Gasteiger partial charge >= 0.3 is 6.03 Å². The van der Waals surface area contributed by atoms with Gasteiger partial charge in [-0.1, -0.05) is 43.2 Å². The molecule has 0 radical (unpaired) electrons. The zero-order valence-electron chi connectivity index (χ0n) is 16.3. The number of rotatable bonds is 4. The number of nitrogens with zero attached hydrogens (tertiary/aromatic N) is 1. The van der Waals surface area contributed by atoms with Gasteiger partial charge in [0.2, 0.25) is 0 Å². The second-order valence-corrected chi connectivity index (χ2v) is 7.87. The van der Waals surface area contributed by atoms with Gasteiger partial charge in [-0.3, -0.25) is 4.79 Å². The molecule has 0 bridgehead atoms. The molecule has 0 spiro atoms. The molecule has 1 aliphatic heterocycles. The number of anilines is 1. The molecule has 0 saturated heterocycles. The quantitative estimate of drug-likeness (QED) is 0.845. The normalized spacial score (nSPS) is 18.8. The lowest BCUT2D eigenvalue weighted by Crippen LogP contribution is -2.40. The molecule has 1 aliphatic carbocycles. The molecule has 2 aromatic rings. The fourth-order valence-electron chi connectivity index (χ4n) is 4.28. The summed E-state index contributed by atoms with van der Waals surface area (Å²) in [5.41, 5.74) is 3.83. The Morgan fingerprint density at radius 3 is 2.57 bits per heavy atom. The maximum absolute atomic E-state index is 13.0. The molecule has 146 valence electrons. The van der Waals surface area contributed by atoms with Crippen molar-refractivity contribution < 1.29 is 9.59 Å². The van der Waals surface area contributed by atoms with Crippen molar-refractivity contribution >= 4 is 17.6 Å². The van der Waals surface area contributed by atoms with Crippen LogP contribution in [0.15, 0.2) is 48.5 Å². The maximum Gasteiger partial charge on any atom is 0.315 e. The van der Waals surface area contributed by atoms with Crippen LogP contribution in [0.3, 0.4) is 0 Å². The summed E-state index contributed by atoms with van der Waals surface area (Å²) < 4.78 is 0. The highest BCUT2D eigenvalue weighted by Crippen LogP contribution is 2.34. The van der Waals surface area contributed by atoms with Crippen molar-refractivity contribution in [1.29, 1.82) is 0 Å². The first-order valence-electron chi connectivity index (χ1n) is 10.2. The minimum absolute atomic E-state index is 0.0240. The van der Waals surface area contributed by atoms with Gasteiger partial charge in [0, 0.05) is 29.9 Å². The first-order valence-corrected chi connectivity index (χ1v) is 10.2. The molecule has 5 nitrogen and oxygen atoms in total. The predicted molar refractivity (Wildman–Crippen MR) is 110 cm³/mol. The number of fused-ring (bicyclic) bond motifs is 1. The topological polar surface area (TPSA) is 61.4 Å². The highest BCUT2D eigenvalue weighted by molar-refractivity contribution is 6.07. The third-order valence-electron chi connectivity index (χ3n) is 5.75. The van der Waals surface area contributed by atoms with Gasteiger partial charge in [0.25, 0.3) is 5.91 Å². The monoisotopic (exact) mass is 377 g/mol. The van der Waals surface area contributed by atoms with Crippen LogP contribution in [0.4, 0.5) is 10.5 Å². The van der Waals surface area contributed by atoms with Crippen LogP contribution >= 0.6 is 0 Å². The van der Waals surface area contributed by atoms with Crippen LogP contribution < -0.4 is 15.5 Å². The Morgan fingerprint density at radius 1 is 1.07 bits per heavy atom. The second-order valence-electron chi connectivity index (χ2n) is 7.87. The predicted octanol–water partition coefficient (Wildman–Crippen LogP) is 4.02. The van der Waals surface area contributed by atoms with E-state index in [2.05, 4.69) is 23.6 Å². The molecular weight excluding hydrogens is 350 g/mol. The van der Waals surface area contributed by atoms with Crippen molar-refractivity contribution in [1.82, 2.24) is 10.6 Å². The van der Waals surface area contributed by atoms with Crippen LogP contribution in [-0.4, -0.2) is 24.0 Å². The SMILES string of the molecule is C[C@@H]1Cc2ccc(CNC(=O)NC3CCCC3)cc2N1C(=O)c1ccccc1. The molecule has 1 fully saturated rings. The molecular formula is C23H27N3O2. The van der Waals surface area contributed by atoms with Crippen LogP contribution in [0, 0.1) is 0 Å². The molecule has 5 heteroatoms. The molecule has 0 unspecified atom stereocenters. The average molecular weight is 377 g/mol. The smallest absolute Gasteiger partial charge is 0.315 e. The highest BCUT2D eigenvalue weighted by Gasteiger charge is 2.31. The molecule has 28 heavy (non-hydrogen) atoms. The number of carbonyl (C=O) groups is 2. The van der Waals surface area contributed by atoms with Crippen LogP contribution in [0.5, 0.6) is 0 Å². The number of amides is 3. The van der Waals surface area contributed by atoms with E-state index < -0.39 is 0 Å². The molecule has 2 N–H and O–H groups in total. The van der Waals surface area contributed by atoms with Gasteiger partial charge in [0.15, 0.2) is 0 Å². The largest absolute Gasteiger partial charge is 0.335 e. The Morgan fingerprint density at radius 2 is 1.82 bits per heavy atom. The number of nitrogens with one attached hydrogen (secondary N) is 2. The summed E-state index contributed by atoms with van der Waals surface area (Å²) in [5.74, 6) is 0.0240. The van der Waals surface area contributed by atoms with Crippen LogP contribution in [0.2, 0.25) is 0 Å². The van der Waals surface area contributed by atoms with Gasteiger partial charge in [-0.15, -0.1) is 0 Å². The van der Waals surface area contributed by atoms with Crippen LogP contribution in [0.25, 0.3) is 0 Å². The van der Waals surface area contributed by atoms with Crippen molar-refractivity contribution in [2.45, 2.75) is 57.7 Å². The van der Waals surface area contributed by atoms with Gasteiger partial charge in [-0.25, -0.2) is 4.79 Å². The van der Waals surface area contributed by atoms with Crippen molar-refractivity contribution in [2.24, 2.45) is 0 Å². The Bertz CT molecular complexity index is 859. The van der Waals surface area contributed by atoms with Gasteiger partial charge < -0.3 is 15.5 Å². The Kier molecular flexibility index (Phi) is 5.33. The van der Waals surface area contributed by atoms with Crippen molar-refractivity contribution in [2.75, 3.05) is 4.90 Å². The number of hydrogen-bond donors (Lipinski definition) is 2. The molecule has 1 heterocycles. The molecule has 0 aromatic heterocycles. The molecule has 1 saturated carbocycles. The number of benzene rings is 2. The van der Waals surface area contributed by atoms with Gasteiger partial charge in [0.1, 0.15) is 0 Å². The summed E-state index contributed by atoms with van der Waals surface area (Å²) in [6.07, 6.45) is 5.38. The van der Waals surface area contributed by atoms with E-state index in [1.807, 2.05) is 47.4 Å². The van der Waals surface area contributed by atoms with Gasteiger partial charge in [-0.2, -0.15) is 0 Å². The summed E-state index contributed by atoms with van der Waals surface area (Å²) in [7, 11) is 0. The number of urea groups is 1. The van der Waals surface area contributed by atoms with Crippen molar-refractivity contribution in [3.05, 3.63) is 65.2 Å². The summed E-state index contributed by atoms with van der Waals surface area (Å²) in [4.78, 5) is 27.0.